The molecule has 0 unspecified atom stereocenters. The molecule has 5 nitrogen and oxygen atoms in total. The molecule has 23 heavy (non-hydrogen) atoms. The fourth-order valence-electron chi connectivity index (χ4n) is 2.60. The molecule has 0 aliphatic carbocycles. The van der Waals surface area contributed by atoms with Crippen molar-refractivity contribution in [3.05, 3.63) is 53.4 Å². The van der Waals surface area contributed by atoms with Crippen LogP contribution in [-0.4, -0.2) is 26.1 Å². The van der Waals surface area contributed by atoms with Gasteiger partial charge in [0.15, 0.2) is 5.65 Å². The Hall–Kier alpha value is -2.47. The van der Waals surface area contributed by atoms with Gasteiger partial charge in [-0.2, -0.15) is 5.10 Å². The molecule has 3 aromatic heterocycles. The second-order valence-corrected chi connectivity index (χ2v) is 6.07. The third-order valence-electron chi connectivity index (χ3n) is 3.69. The number of fused-ring (bicyclic) bond motifs is 2. The van der Waals surface area contributed by atoms with E-state index in [0.717, 1.165) is 44.5 Å². The van der Waals surface area contributed by atoms with E-state index in [1.165, 1.54) is 0 Å². The Morgan fingerprint density at radius 2 is 2.09 bits per heavy atom. The van der Waals surface area contributed by atoms with Crippen molar-refractivity contribution in [2.45, 2.75) is 6.92 Å². The summed E-state index contributed by atoms with van der Waals surface area (Å²) in [5, 5.41) is 8.76. The molecular formula is C17H14BrN5. The number of halogens is 1. The Labute approximate surface area is 141 Å². The molecule has 0 aliphatic rings. The summed E-state index contributed by atoms with van der Waals surface area (Å²) in [4.78, 5) is 9.23. The number of benzene rings is 1. The van der Waals surface area contributed by atoms with Gasteiger partial charge in [0.25, 0.3) is 0 Å². The Kier molecular flexibility index (Phi) is 3.46. The van der Waals surface area contributed by atoms with Crippen LogP contribution >= 0.6 is 15.9 Å². The largest absolute Gasteiger partial charge is 0.369 e. The number of aromatic nitrogens is 4. The lowest BCUT2D eigenvalue weighted by atomic mass is 10.1. The van der Waals surface area contributed by atoms with Gasteiger partial charge >= 0.3 is 0 Å². The van der Waals surface area contributed by atoms with Gasteiger partial charge < -0.3 is 5.32 Å². The molecule has 0 amide bonds. The number of rotatable bonds is 3. The summed E-state index contributed by atoms with van der Waals surface area (Å²) in [6.45, 7) is 2.85. The predicted molar refractivity (Wildman–Crippen MR) is 95.6 cm³/mol. The predicted octanol–water partition coefficient (Wildman–Crippen LogP) is 4.14. The Morgan fingerprint density at radius 1 is 1.22 bits per heavy atom. The molecule has 0 spiro atoms. The molecule has 114 valence electrons. The average molecular weight is 368 g/mol. The highest BCUT2D eigenvalue weighted by molar-refractivity contribution is 9.10. The van der Waals surface area contributed by atoms with Crippen LogP contribution in [0.4, 0.5) is 5.82 Å². The molecule has 3 heterocycles. The minimum atomic E-state index is 0.807. The van der Waals surface area contributed by atoms with Crippen molar-refractivity contribution in [2.75, 3.05) is 11.9 Å². The van der Waals surface area contributed by atoms with Crippen LogP contribution in [0.5, 0.6) is 0 Å². The monoisotopic (exact) mass is 367 g/mol. The minimum absolute atomic E-state index is 0.807. The average Bonchev–Trinajstić information content (AvgIpc) is 2.97. The third-order valence-corrected chi connectivity index (χ3v) is 4.27. The van der Waals surface area contributed by atoms with Gasteiger partial charge in [0.2, 0.25) is 0 Å². The van der Waals surface area contributed by atoms with Gasteiger partial charge in [0, 0.05) is 35.5 Å². The van der Waals surface area contributed by atoms with Gasteiger partial charge in [-0.15, -0.1) is 0 Å². The summed E-state index contributed by atoms with van der Waals surface area (Å²) in [7, 11) is 0. The highest BCUT2D eigenvalue weighted by Gasteiger charge is 2.12. The third kappa shape index (κ3) is 2.45. The lowest BCUT2D eigenvalue weighted by molar-refractivity contribution is 0.931. The van der Waals surface area contributed by atoms with Crippen molar-refractivity contribution in [1.29, 1.82) is 0 Å². The van der Waals surface area contributed by atoms with Crippen molar-refractivity contribution in [1.82, 2.24) is 19.6 Å². The molecule has 1 aromatic carbocycles. The fraction of sp³-hybridized carbons (Fsp3) is 0.118. The molecule has 6 heteroatoms. The van der Waals surface area contributed by atoms with Crippen molar-refractivity contribution in [3.8, 4) is 11.1 Å². The maximum Gasteiger partial charge on any atom is 0.165 e. The van der Waals surface area contributed by atoms with Crippen LogP contribution in [0, 0.1) is 0 Å². The summed E-state index contributed by atoms with van der Waals surface area (Å²) >= 11 is 3.52. The summed E-state index contributed by atoms with van der Waals surface area (Å²) < 4.78 is 2.66. The molecule has 4 rings (SSSR count). The first-order valence-corrected chi connectivity index (χ1v) is 8.18. The van der Waals surface area contributed by atoms with Crippen LogP contribution in [0.15, 0.2) is 53.4 Å². The number of hydrogen-bond donors (Lipinski definition) is 1. The standard InChI is InChI=1S/C17H14BrN5/c1-2-19-16-14(18)10-23-17(22-16)13(9-21-23)12-7-11-5-3-4-6-15(11)20-8-12/h3-10H,2H2,1H3,(H,19,22). The van der Waals surface area contributed by atoms with Crippen LogP contribution in [0.25, 0.3) is 27.7 Å². The SMILES string of the molecule is CCNc1nc2c(-c3cnc4ccccc4c3)cnn2cc1Br. The normalized spacial score (nSPS) is 11.2. The minimum Gasteiger partial charge on any atom is -0.369 e. The molecule has 0 saturated heterocycles. The quantitative estimate of drug-likeness (QED) is 0.591. The van der Waals surface area contributed by atoms with E-state index in [2.05, 4.69) is 43.5 Å². The van der Waals surface area contributed by atoms with Gasteiger partial charge in [0.1, 0.15) is 5.82 Å². The van der Waals surface area contributed by atoms with Gasteiger partial charge in [0.05, 0.1) is 16.2 Å². The summed E-state index contributed by atoms with van der Waals surface area (Å²) in [6.07, 6.45) is 5.62. The zero-order valence-corrected chi connectivity index (χ0v) is 14.1. The van der Waals surface area contributed by atoms with Crippen LogP contribution in [0.3, 0.4) is 0 Å². The Balaban J connectivity index is 1.91. The highest BCUT2D eigenvalue weighted by atomic mass is 79.9. The molecule has 0 atom stereocenters. The first-order valence-electron chi connectivity index (χ1n) is 7.39. The lowest BCUT2D eigenvalue weighted by Gasteiger charge is -2.07. The van der Waals surface area contributed by atoms with E-state index < -0.39 is 0 Å². The molecule has 4 aromatic rings. The van der Waals surface area contributed by atoms with Crippen LogP contribution in [0.1, 0.15) is 6.92 Å². The molecule has 0 fully saturated rings. The molecule has 0 aliphatic heterocycles. The number of hydrogen-bond acceptors (Lipinski definition) is 4. The first kappa shape index (κ1) is 14.1. The molecule has 0 saturated carbocycles. The van der Waals surface area contributed by atoms with Gasteiger partial charge in [-0.3, -0.25) is 4.98 Å². The van der Waals surface area contributed by atoms with E-state index in [9.17, 15) is 0 Å². The number of pyridine rings is 1. The zero-order chi connectivity index (χ0) is 15.8. The van der Waals surface area contributed by atoms with Crippen molar-refractivity contribution in [3.63, 3.8) is 0 Å². The van der Waals surface area contributed by atoms with E-state index >= 15 is 0 Å². The fourth-order valence-corrected chi connectivity index (χ4v) is 3.03. The van der Waals surface area contributed by atoms with Crippen molar-refractivity contribution in [2.24, 2.45) is 0 Å². The van der Waals surface area contributed by atoms with Crippen LogP contribution in [-0.2, 0) is 0 Å². The maximum absolute atomic E-state index is 4.70. The highest BCUT2D eigenvalue weighted by Crippen LogP contribution is 2.28. The molecule has 0 radical (unpaired) electrons. The summed E-state index contributed by atoms with van der Waals surface area (Å²) in [5.74, 6) is 0.815. The van der Waals surface area contributed by atoms with E-state index in [0.29, 0.717) is 0 Å². The second kappa shape index (κ2) is 5.62. The van der Waals surface area contributed by atoms with Gasteiger partial charge in [-0.25, -0.2) is 9.50 Å². The van der Waals surface area contributed by atoms with E-state index in [-0.39, 0.29) is 0 Å². The van der Waals surface area contributed by atoms with Crippen molar-refractivity contribution < 1.29 is 0 Å². The van der Waals surface area contributed by atoms with Crippen molar-refractivity contribution >= 4 is 38.3 Å². The molecule has 1 N–H and O–H groups in total. The van der Waals surface area contributed by atoms with Crippen LogP contribution < -0.4 is 5.32 Å². The first-order chi connectivity index (χ1) is 11.3. The van der Waals surface area contributed by atoms with Gasteiger partial charge in [-0.05, 0) is 35.0 Å². The lowest BCUT2D eigenvalue weighted by Crippen LogP contribution is -2.02. The van der Waals surface area contributed by atoms with E-state index in [4.69, 9.17) is 4.98 Å². The smallest absolute Gasteiger partial charge is 0.165 e. The summed E-state index contributed by atoms with van der Waals surface area (Å²) in [6, 6.07) is 10.2. The second-order valence-electron chi connectivity index (χ2n) is 5.21. The number of nitrogens with one attached hydrogen (secondary N) is 1. The van der Waals surface area contributed by atoms with Crippen LogP contribution in [0.2, 0.25) is 0 Å². The Bertz CT molecular complexity index is 1010. The number of nitrogens with zero attached hydrogens (tertiary/aromatic N) is 4. The molecular weight excluding hydrogens is 354 g/mol. The summed E-state index contributed by atoms with van der Waals surface area (Å²) in [5.41, 5.74) is 3.77. The number of para-hydroxylation sites is 1. The van der Waals surface area contributed by atoms with Gasteiger partial charge in [-0.1, -0.05) is 18.2 Å². The Morgan fingerprint density at radius 3 is 2.96 bits per heavy atom. The number of anilines is 1. The molecule has 0 bridgehead atoms. The van der Waals surface area contributed by atoms with E-state index in [1.54, 1.807) is 4.52 Å². The van der Waals surface area contributed by atoms with E-state index in [1.807, 2.05) is 43.7 Å². The topological polar surface area (TPSA) is 55.1 Å². The maximum atomic E-state index is 4.70. The zero-order valence-electron chi connectivity index (χ0n) is 12.5.